The number of anilines is 1. The third-order valence-electron chi connectivity index (χ3n) is 4.83. The minimum atomic E-state index is -0.388. The van der Waals surface area contributed by atoms with E-state index in [0.29, 0.717) is 53.0 Å². The molecule has 0 atom stereocenters. The van der Waals surface area contributed by atoms with Gasteiger partial charge in [-0.25, -0.2) is 0 Å². The van der Waals surface area contributed by atoms with Gasteiger partial charge in [0.15, 0.2) is 11.5 Å². The zero-order valence-electron chi connectivity index (χ0n) is 17.7. The minimum Gasteiger partial charge on any atom is -0.493 e. The molecule has 1 aliphatic rings. The van der Waals surface area contributed by atoms with Crippen LogP contribution < -0.4 is 14.8 Å². The number of benzene rings is 2. The summed E-state index contributed by atoms with van der Waals surface area (Å²) in [5.74, 6) is 0.325. The van der Waals surface area contributed by atoms with Crippen molar-refractivity contribution in [3.05, 3.63) is 58.7 Å². The zero-order valence-corrected chi connectivity index (χ0v) is 18.5. The first-order valence-electron chi connectivity index (χ1n) is 9.93. The van der Waals surface area contributed by atoms with Crippen LogP contribution in [-0.2, 0) is 14.3 Å². The van der Waals surface area contributed by atoms with Crippen molar-refractivity contribution in [2.24, 2.45) is 0 Å². The van der Waals surface area contributed by atoms with Crippen molar-refractivity contribution in [3.63, 3.8) is 0 Å². The van der Waals surface area contributed by atoms with Gasteiger partial charge in [0.1, 0.15) is 5.70 Å². The molecule has 2 amide bonds. The molecule has 1 aliphatic heterocycles. The molecule has 31 heavy (non-hydrogen) atoms. The summed E-state index contributed by atoms with van der Waals surface area (Å²) in [5, 5.41) is 3.66. The molecule has 2 aromatic rings. The fourth-order valence-electron chi connectivity index (χ4n) is 3.31. The molecule has 0 bridgehead atoms. The quantitative estimate of drug-likeness (QED) is 0.441. The lowest BCUT2D eigenvalue weighted by molar-refractivity contribution is -0.137. The molecule has 7 nitrogen and oxygen atoms in total. The average Bonchev–Trinajstić information content (AvgIpc) is 3.01. The second-order valence-corrected chi connectivity index (χ2v) is 7.20. The van der Waals surface area contributed by atoms with Gasteiger partial charge in [0.05, 0.1) is 19.8 Å². The highest BCUT2D eigenvalue weighted by Gasteiger charge is 2.38. The van der Waals surface area contributed by atoms with E-state index >= 15 is 0 Å². The zero-order chi connectivity index (χ0) is 22.4. The van der Waals surface area contributed by atoms with E-state index in [0.717, 1.165) is 0 Å². The molecule has 0 unspecified atom stereocenters. The summed E-state index contributed by atoms with van der Waals surface area (Å²) in [7, 11) is 3.08. The van der Waals surface area contributed by atoms with E-state index in [1.807, 2.05) is 6.92 Å². The molecule has 0 aromatic heterocycles. The number of halogens is 1. The Labute approximate surface area is 186 Å². The summed E-state index contributed by atoms with van der Waals surface area (Å²) in [6.45, 7) is 3.23. The predicted octanol–water partition coefficient (Wildman–Crippen LogP) is 3.98. The Hall–Kier alpha value is -3.03. The van der Waals surface area contributed by atoms with Crippen LogP contribution in [0.4, 0.5) is 5.69 Å². The number of carbonyl (C=O) groups excluding carboxylic acids is 2. The highest BCUT2D eigenvalue weighted by molar-refractivity contribution is 6.36. The molecule has 164 valence electrons. The number of nitrogens with zero attached hydrogens (tertiary/aromatic N) is 1. The summed E-state index contributed by atoms with van der Waals surface area (Å²) < 4.78 is 15.9. The third kappa shape index (κ3) is 5.00. The summed E-state index contributed by atoms with van der Waals surface area (Å²) in [5.41, 5.74) is 1.71. The number of carbonyl (C=O) groups is 2. The van der Waals surface area contributed by atoms with Crippen LogP contribution in [0.3, 0.4) is 0 Å². The molecule has 0 fully saturated rings. The van der Waals surface area contributed by atoms with Crippen molar-refractivity contribution in [2.75, 3.05) is 39.3 Å². The molecule has 8 heteroatoms. The van der Waals surface area contributed by atoms with Gasteiger partial charge in [-0.05, 0) is 43.2 Å². The smallest absolute Gasteiger partial charge is 0.278 e. The molecule has 0 aliphatic carbocycles. The summed E-state index contributed by atoms with van der Waals surface area (Å²) in [4.78, 5) is 27.6. The first-order valence-corrected chi connectivity index (χ1v) is 10.3. The summed E-state index contributed by atoms with van der Waals surface area (Å²) in [6.07, 6.45) is 0.558. The van der Waals surface area contributed by atoms with Crippen molar-refractivity contribution in [1.29, 1.82) is 0 Å². The van der Waals surface area contributed by atoms with E-state index in [-0.39, 0.29) is 24.1 Å². The molecule has 2 aromatic carbocycles. The van der Waals surface area contributed by atoms with Gasteiger partial charge in [0.2, 0.25) is 0 Å². The first kappa shape index (κ1) is 22.7. The Kier molecular flexibility index (Phi) is 7.55. The Morgan fingerprint density at radius 2 is 1.68 bits per heavy atom. The van der Waals surface area contributed by atoms with Crippen molar-refractivity contribution < 1.29 is 23.8 Å². The number of methoxy groups -OCH3 is 2. The SMILES string of the molecule is CCOCCCN1C(=O)C(Nc2ccc(OC)c(OC)c2)=C(c2ccc(Cl)cc2)C1=O. The molecular formula is C23H25ClN2O5. The number of amides is 2. The molecule has 0 saturated heterocycles. The monoisotopic (exact) mass is 444 g/mol. The van der Waals surface area contributed by atoms with Crippen LogP contribution in [0.25, 0.3) is 5.57 Å². The van der Waals surface area contributed by atoms with Crippen LogP contribution in [0.1, 0.15) is 18.9 Å². The van der Waals surface area contributed by atoms with Gasteiger partial charge in [-0.2, -0.15) is 0 Å². The Morgan fingerprint density at radius 3 is 2.32 bits per heavy atom. The van der Waals surface area contributed by atoms with Crippen LogP contribution >= 0.6 is 11.6 Å². The van der Waals surface area contributed by atoms with Gasteiger partial charge in [0, 0.05) is 36.5 Å². The number of rotatable bonds is 10. The topological polar surface area (TPSA) is 77.1 Å². The second-order valence-electron chi connectivity index (χ2n) is 6.76. The Morgan fingerprint density at radius 1 is 0.968 bits per heavy atom. The first-order chi connectivity index (χ1) is 15.0. The van der Waals surface area contributed by atoms with Crippen LogP contribution in [-0.4, -0.2) is 50.7 Å². The standard InChI is InChI=1S/C23H25ClN2O5/c1-4-31-13-5-12-26-22(27)20(15-6-8-16(24)9-7-15)21(23(26)28)25-17-10-11-18(29-2)19(14-17)30-3/h6-11,14,25H,4-5,12-13H2,1-3H3. The maximum absolute atomic E-state index is 13.2. The highest BCUT2D eigenvalue weighted by atomic mass is 35.5. The van der Waals surface area contributed by atoms with Crippen molar-refractivity contribution in [2.45, 2.75) is 13.3 Å². The highest BCUT2D eigenvalue weighted by Crippen LogP contribution is 2.34. The predicted molar refractivity (Wildman–Crippen MR) is 119 cm³/mol. The molecule has 3 rings (SSSR count). The van der Waals surface area contributed by atoms with E-state index < -0.39 is 0 Å². The minimum absolute atomic E-state index is 0.205. The fourth-order valence-corrected chi connectivity index (χ4v) is 3.43. The molecule has 0 radical (unpaired) electrons. The maximum atomic E-state index is 13.2. The summed E-state index contributed by atoms with van der Waals surface area (Å²) in [6, 6.07) is 12.0. The van der Waals surface area contributed by atoms with Gasteiger partial charge >= 0.3 is 0 Å². The number of imide groups is 1. The number of hydrogen-bond donors (Lipinski definition) is 1. The van der Waals surface area contributed by atoms with E-state index in [1.54, 1.807) is 49.6 Å². The Balaban J connectivity index is 1.96. The molecule has 1 N–H and O–H groups in total. The average molecular weight is 445 g/mol. The lowest BCUT2D eigenvalue weighted by Gasteiger charge is -2.15. The molecule has 1 heterocycles. The molecule has 0 spiro atoms. The van der Waals surface area contributed by atoms with Gasteiger partial charge < -0.3 is 19.5 Å². The van der Waals surface area contributed by atoms with Crippen molar-refractivity contribution in [3.8, 4) is 11.5 Å². The fraction of sp³-hybridized carbons (Fsp3) is 0.304. The Bertz CT molecular complexity index is 988. The van der Waals surface area contributed by atoms with Crippen LogP contribution in [0, 0.1) is 0 Å². The van der Waals surface area contributed by atoms with Gasteiger partial charge in [-0.1, -0.05) is 23.7 Å². The van der Waals surface area contributed by atoms with E-state index in [2.05, 4.69) is 5.32 Å². The lowest BCUT2D eigenvalue weighted by atomic mass is 10.0. The number of hydrogen-bond acceptors (Lipinski definition) is 6. The molecular weight excluding hydrogens is 420 g/mol. The van der Waals surface area contributed by atoms with E-state index in [4.69, 9.17) is 25.8 Å². The van der Waals surface area contributed by atoms with Crippen LogP contribution in [0.5, 0.6) is 11.5 Å². The van der Waals surface area contributed by atoms with Crippen LogP contribution in [0.15, 0.2) is 48.2 Å². The summed E-state index contributed by atoms with van der Waals surface area (Å²) >= 11 is 6.00. The maximum Gasteiger partial charge on any atom is 0.278 e. The van der Waals surface area contributed by atoms with Gasteiger partial charge in [0.25, 0.3) is 11.8 Å². The molecule has 0 saturated carbocycles. The third-order valence-corrected chi connectivity index (χ3v) is 5.08. The van der Waals surface area contributed by atoms with E-state index in [9.17, 15) is 9.59 Å². The second kappa shape index (κ2) is 10.3. The van der Waals surface area contributed by atoms with Gasteiger partial charge in [-0.15, -0.1) is 0 Å². The largest absolute Gasteiger partial charge is 0.493 e. The number of ether oxygens (including phenoxy) is 3. The lowest BCUT2D eigenvalue weighted by Crippen LogP contribution is -2.34. The number of nitrogens with one attached hydrogen (secondary N) is 1. The van der Waals surface area contributed by atoms with Crippen LogP contribution in [0.2, 0.25) is 5.02 Å². The van der Waals surface area contributed by atoms with Crippen molar-refractivity contribution >= 4 is 34.7 Å². The van der Waals surface area contributed by atoms with Crippen molar-refractivity contribution in [1.82, 2.24) is 4.90 Å². The van der Waals surface area contributed by atoms with Gasteiger partial charge in [-0.3, -0.25) is 14.5 Å². The normalized spacial score (nSPS) is 13.7. The van der Waals surface area contributed by atoms with E-state index in [1.165, 1.54) is 12.0 Å².